The highest BCUT2D eigenvalue weighted by Gasteiger charge is 2.16. The first-order valence-electron chi connectivity index (χ1n) is 10.4. The summed E-state index contributed by atoms with van der Waals surface area (Å²) in [5, 5.41) is 2.75. The van der Waals surface area contributed by atoms with Gasteiger partial charge in [-0.1, -0.05) is 13.8 Å². The second-order valence-electron chi connectivity index (χ2n) is 7.80. The standard InChI is InChI=1S/C22H28N2O2.C2H7N/c1-17(2)16-26-21-12-6-18(7-13-21)22(25)23(3)19-8-10-20(11-9-19)24-14-4-5-15-24;1-3-2/h6-13,17H,4-5,14-16H2,1-3H3;3H,1-2H3. The minimum Gasteiger partial charge on any atom is -0.493 e. The highest BCUT2D eigenvalue weighted by molar-refractivity contribution is 6.05. The molecular formula is C24H35N3O2. The molecule has 0 unspecified atom stereocenters. The van der Waals surface area contributed by atoms with Gasteiger partial charge in [0.25, 0.3) is 5.91 Å². The molecule has 1 fully saturated rings. The Morgan fingerprint density at radius 3 is 2.10 bits per heavy atom. The topological polar surface area (TPSA) is 44.8 Å². The lowest BCUT2D eigenvalue weighted by molar-refractivity contribution is 0.0993. The van der Waals surface area contributed by atoms with Crippen molar-refractivity contribution in [3.63, 3.8) is 0 Å². The molecule has 3 rings (SSSR count). The van der Waals surface area contributed by atoms with Crippen molar-refractivity contribution in [3.8, 4) is 5.75 Å². The minimum absolute atomic E-state index is 0.0191. The summed E-state index contributed by atoms with van der Waals surface area (Å²) in [6.07, 6.45) is 2.52. The van der Waals surface area contributed by atoms with E-state index in [-0.39, 0.29) is 5.91 Å². The molecule has 1 N–H and O–H groups in total. The number of nitrogens with zero attached hydrogens (tertiary/aromatic N) is 2. The Balaban J connectivity index is 0.000000941. The lowest BCUT2D eigenvalue weighted by Gasteiger charge is -2.21. The first-order valence-corrected chi connectivity index (χ1v) is 10.4. The quantitative estimate of drug-likeness (QED) is 0.783. The molecule has 0 spiro atoms. The summed E-state index contributed by atoms with van der Waals surface area (Å²) in [6.45, 7) is 7.15. The molecule has 0 aliphatic carbocycles. The number of nitrogens with one attached hydrogen (secondary N) is 1. The molecule has 0 saturated carbocycles. The Labute approximate surface area is 175 Å². The lowest BCUT2D eigenvalue weighted by Crippen LogP contribution is -2.26. The molecule has 1 aliphatic heterocycles. The minimum atomic E-state index is -0.0191. The summed E-state index contributed by atoms with van der Waals surface area (Å²) in [7, 11) is 5.57. The number of rotatable bonds is 6. The third-order valence-electron chi connectivity index (χ3n) is 4.70. The summed E-state index contributed by atoms with van der Waals surface area (Å²) in [5.41, 5.74) is 2.80. The van der Waals surface area contributed by atoms with E-state index in [0.717, 1.165) is 24.5 Å². The highest BCUT2D eigenvalue weighted by atomic mass is 16.5. The van der Waals surface area contributed by atoms with Crippen LogP contribution in [0.1, 0.15) is 37.0 Å². The third-order valence-corrected chi connectivity index (χ3v) is 4.70. The maximum absolute atomic E-state index is 12.7. The number of anilines is 2. The van der Waals surface area contributed by atoms with Crippen molar-refractivity contribution in [1.82, 2.24) is 5.32 Å². The van der Waals surface area contributed by atoms with Gasteiger partial charge >= 0.3 is 0 Å². The van der Waals surface area contributed by atoms with E-state index in [9.17, 15) is 4.79 Å². The zero-order valence-electron chi connectivity index (χ0n) is 18.4. The van der Waals surface area contributed by atoms with Gasteiger partial charge in [0.1, 0.15) is 5.75 Å². The van der Waals surface area contributed by atoms with Crippen molar-refractivity contribution < 1.29 is 9.53 Å². The van der Waals surface area contributed by atoms with Gasteiger partial charge in [-0.25, -0.2) is 0 Å². The SMILES string of the molecule is CC(C)COc1ccc(C(=O)N(C)c2ccc(N3CCCC3)cc2)cc1.CNC. The molecule has 1 heterocycles. The number of hydrogen-bond acceptors (Lipinski definition) is 4. The molecule has 0 radical (unpaired) electrons. The predicted octanol–water partition coefficient (Wildman–Crippen LogP) is 4.43. The Hall–Kier alpha value is -2.53. The Bertz CT molecular complexity index is 736. The van der Waals surface area contributed by atoms with Crippen molar-refractivity contribution in [2.24, 2.45) is 5.92 Å². The van der Waals surface area contributed by atoms with E-state index < -0.39 is 0 Å². The maximum atomic E-state index is 12.7. The van der Waals surface area contributed by atoms with Gasteiger partial charge in [-0.05, 0) is 81.4 Å². The summed E-state index contributed by atoms with van der Waals surface area (Å²) in [4.78, 5) is 16.8. The molecule has 1 aliphatic rings. The zero-order chi connectivity index (χ0) is 21.2. The highest BCUT2D eigenvalue weighted by Crippen LogP contribution is 2.24. The van der Waals surface area contributed by atoms with Crippen molar-refractivity contribution in [2.45, 2.75) is 26.7 Å². The summed E-state index contributed by atoms with van der Waals surface area (Å²) < 4.78 is 5.68. The van der Waals surface area contributed by atoms with Crippen molar-refractivity contribution in [2.75, 3.05) is 50.6 Å². The fourth-order valence-corrected chi connectivity index (χ4v) is 3.13. The van der Waals surface area contributed by atoms with Crippen LogP contribution in [0.2, 0.25) is 0 Å². The number of carbonyl (C=O) groups is 1. The summed E-state index contributed by atoms with van der Waals surface area (Å²) in [5.74, 6) is 1.26. The van der Waals surface area contributed by atoms with E-state index in [2.05, 4.69) is 36.2 Å². The first-order chi connectivity index (χ1) is 14.0. The Morgan fingerprint density at radius 2 is 1.59 bits per heavy atom. The third kappa shape index (κ3) is 6.79. The van der Waals surface area contributed by atoms with Gasteiger partial charge in [0, 0.05) is 37.1 Å². The van der Waals surface area contributed by atoms with Crippen LogP contribution in [0, 0.1) is 5.92 Å². The van der Waals surface area contributed by atoms with E-state index in [1.165, 1.54) is 18.5 Å². The second kappa shape index (κ2) is 11.5. The fourth-order valence-electron chi connectivity index (χ4n) is 3.13. The van der Waals surface area contributed by atoms with Crippen molar-refractivity contribution >= 4 is 17.3 Å². The van der Waals surface area contributed by atoms with E-state index in [1.807, 2.05) is 57.5 Å². The van der Waals surface area contributed by atoms with Gasteiger partial charge in [0.2, 0.25) is 0 Å². The number of ether oxygens (including phenoxy) is 1. The average molecular weight is 398 g/mol. The number of benzene rings is 2. The Morgan fingerprint density at radius 1 is 1.03 bits per heavy atom. The summed E-state index contributed by atoms with van der Waals surface area (Å²) in [6, 6.07) is 15.6. The number of hydrogen-bond donors (Lipinski definition) is 1. The van der Waals surface area contributed by atoms with E-state index >= 15 is 0 Å². The average Bonchev–Trinajstić information content (AvgIpc) is 3.27. The monoisotopic (exact) mass is 397 g/mol. The van der Waals surface area contributed by atoms with Gasteiger partial charge in [-0.15, -0.1) is 0 Å². The van der Waals surface area contributed by atoms with Crippen LogP contribution in [0.5, 0.6) is 5.75 Å². The van der Waals surface area contributed by atoms with Crippen LogP contribution in [0.3, 0.4) is 0 Å². The van der Waals surface area contributed by atoms with Crippen molar-refractivity contribution in [1.29, 1.82) is 0 Å². The second-order valence-corrected chi connectivity index (χ2v) is 7.80. The van der Waals surface area contributed by atoms with Gasteiger partial charge in [0.15, 0.2) is 0 Å². The Kier molecular flexibility index (Phi) is 9.00. The van der Waals surface area contributed by atoms with Crippen LogP contribution >= 0.6 is 0 Å². The van der Waals surface area contributed by atoms with Gasteiger partial charge < -0.3 is 19.9 Å². The van der Waals surface area contributed by atoms with Crippen LogP contribution in [-0.2, 0) is 0 Å². The molecule has 1 amide bonds. The van der Waals surface area contributed by atoms with E-state index in [0.29, 0.717) is 18.1 Å². The maximum Gasteiger partial charge on any atom is 0.258 e. The molecule has 1 saturated heterocycles. The molecule has 0 atom stereocenters. The molecular weight excluding hydrogens is 362 g/mol. The lowest BCUT2D eigenvalue weighted by atomic mass is 10.1. The molecule has 29 heavy (non-hydrogen) atoms. The molecule has 5 nitrogen and oxygen atoms in total. The molecule has 2 aromatic carbocycles. The fraction of sp³-hybridized carbons (Fsp3) is 0.458. The predicted molar refractivity (Wildman–Crippen MR) is 122 cm³/mol. The molecule has 5 heteroatoms. The van der Waals surface area contributed by atoms with E-state index in [1.54, 1.807) is 4.90 Å². The smallest absolute Gasteiger partial charge is 0.258 e. The van der Waals surface area contributed by atoms with Crippen LogP contribution in [0.25, 0.3) is 0 Å². The molecule has 158 valence electrons. The van der Waals surface area contributed by atoms with Crippen LogP contribution in [0.4, 0.5) is 11.4 Å². The number of carbonyl (C=O) groups excluding carboxylic acids is 1. The van der Waals surface area contributed by atoms with Gasteiger partial charge in [0.05, 0.1) is 6.61 Å². The zero-order valence-corrected chi connectivity index (χ0v) is 18.4. The van der Waals surface area contributed by atoms with Crippen LogP contribution in [-0.4, -0.2) is 46.7 Å². The van der Waals surface area contributed by atoms with E-state index in [4.69, 9.17) is 4.74 Å². The molecule has 0 bridgehead atoms. The summed E-state index contributed by atoms with van der Waals surface area (Å²) >= 11 is 0. The molecule has 2 aromatic rings. The van der Waals surface area contributed by atoms with Crippen LogP contribution in [0.15, 0.2) is 48.5 Å². The molecule has 0 aromatic heterocycles. The normalized spacial score (nSPS) is 13.1. The largest absolute Gasteiger partial charge is 0.493 e. The van der Waals surface area contributed by atoms with Crippen LogP contribution < -0.4 is 19.9 Å². The number of amides is 1. The van der Waals surface area contributed by atoms with Gasteiger partial charge in [-0.2, -0.15) is 0 Å². The van der Waals surface area contributed by atoms with Gasteiger partial charge in [-0.3, -0.25) is 4.79 Å². The first kappa shape index (κ1) is 22.8. The van der Waals surface area contributed by atoms with Crippen molar-refractivity contribution in [3.05, 3.63) is 54.1 Å².